The molecule has 1 heterocycles. The predicted octanol–water partition coefficient (Wildman–Crippen LogP) is -6.38. The third kappa shape index (κ3) is 5.11. The number of aliphatic hydroxyl groups excluding tert-OH is 8. The fraction of sp³-hybridized carbons (Fsp3) is 0.917. The maximum Gasteiger partial charge on any atom is 0.189 e. The van der Waals surface area contributed by atoms with Crippen LogP contribution in [-0.4, -0.2) is 121 Å². The van der Waals surface area contributed by atoms with Gasteiger partial charge in [-0.2, -0.15) is 0 Å². The van der Waals surface area contributed by atoms with Crippen molar-refractivity contribution in [2.75, 3.05) is 19.8 Å². The van der Waals surface area contributed by atoms with Gasteiger partial charge >= 0.3 is 0 Å². The fourth-order valence-corrected chi connectivity index (χ4v) is 2.09. The molecule has 0 bridgehead atoms. The minimum atomic E-state index is -2.05. The quantitative estimate of drug-likeness (QED) is 0.203. The first kappa shape index (κ1) is 23.2. The number of ketones is 1. The fourth-order valence-electron chi connectivity index (χ4n) is 2.09. The summed E-state index contributed by atoms with van der Waals surface area (Å²) in [7, 11) is 0. The van der Waals surface area contributed by atoms with Crippen LogP contribution in [0.5, 0.6) is 0 Å². The van der Waals surface area contributed by atoms with Crippen molar-refractivity contribution >= 4 is 5.78 Å². The molecule has 1 fully saturated rings. The summed E-state index contributed by atoms with van der Waals surface area (Å²) in [5.74, 6) is -1.12. The number of carbonyl (C=O) groups excluding carboxylic acids is 1. The standard InChI is InChI=1S/C12H22O11.H2O/c13-1-4(16)7(18)11(5(17)2-14)23-12-10(21)9(20)8(19)6(3-15)22-12;/h5-15,17-21H,1-3H2;1H2. The monoisotopic (exact) mass is 360 g/mol. The van der Waals surface area contributed by atoms with Gasteiger partial charge in [0.25, 0.3) is 0 Å². The molecule has 0 saturated carbocycles. The Morgan fingerprint density at radius 3 is 2.08 bits per heavy atom. The lowest BCUT2D eigenvalue weighted by atomic mass is 9.98. The van der Waals surface area contributed by atoms with Crippen molar-refractivity contribution in [2.24, 2.45) is 0 Å². The Balaban J connectivity index is 0.00000529. The number of rotatable bonds is 8. The van der Waals surface area contributed by atoms with Crippen LogP contribution in [0.25, 0.3) is 0 Å². The van der Waals surface area contributed by atoms with Gasteiger partial charge in [0, 0.05) is 0 Å². The van der Waals surface area contributed by atoms with Gasteiger partial charge in [0.05, 0.1) is 13.2 Å². The lowest BCUT2D eigenvalue weighted by Gasteiger charge is -2.41. The first-order valence-corrected chi connectivity index (χ1v) is 6.85. The molecule has 144 valence electrons. The molecular weight excluding hydrogens is 336 g/mol. The molecule has 12 heteroatoms. The summed E-state index contributed by atoms with van der Waals surface area (Å²) in [4.78, 5) is 11.3. The Labute approximate surface area is 136 Å². The van der Waals surface area contributed by atoms with E-state index in [2.05, 4.69) is 0 Å². The number of ether oxygens (including phenoxy) is 2. The van der Waals surface area contributed by atoms with Crippen molar-refractivity contribution in [3.8, 4) is 0 Å². The Bertz CT molecular complexity index is 377. The average Bonchev–Trinajstić information content (AvgIpc) is 2.57. The molecule has 0 spiro atoms. The largest absolute Gasteiger partial charge is 0.412 e. The summed E-state index contributed by atoms with van der Waals surface area (Å²) in [6.45, 7) is -2.71. The van der Waals surface area contributed by atoms with Crippen LogP contribution in [0.1, 0.15) is 0 Å². The van der Waals surface area contributed by atoms with E-state index in [0.717, 1.165) is 0 Å². The van der Waals surface area contributed by atoms with Gasteiger partial charge in [-0.05, 0) is 0 Å². The molecular formula is C12H24O12. The minimum absolute atomic E-state index is 0. The van der Waals surface area contributed by atoms with Crippen LogP contribution in [-0.2, 0) is 14.3 Å². The number of hydrogen-bond acceptors (Lipinski definition) is 11. The SMILES string of the molecule is O.O=C(CO)C(O)C(OC1OC(CO)C(O)C(O)C1O)C(O)CO. The van der Waals surface area contributed by atoms with Crippen LogP contribution in [0.15, 0.2) is 0 Å². The molecule has 0 aromatic heterocycles. The lowest BCUT2D eigenvalue weighted by molar-refractivity contribution is -0.323. The summed E-state index contributed by atoms with van der Waals surface area (Å²) in [5.41, 5.74) is 0. The predicted molar refractivity (Wildman–Crippen MR) is 73.4 cm³/mol. The molecule has 8 unspecified atom stereocenters. The Morgan fingerprint density at radius 1 is 1.04 bits per heavy atom. The van der Waals surface area contributed by atoms with Gasteiger partial charge in [0.1, 0.15) is 49.3 Å². The van der Waals surface area contributed by atoms with Gasteiger partial charge in [-0.15, -0.1) is 0 Å². The topological polar surface area (TPSA) is 229 Å². The highest BCUT2D eigenvalue weighted by Gasteiger charge is 2.46. The van der Waals surface area contributed by atoms with Gasteiger partial charge in [-0.25, -0.2) is 0 Å². The first-order chi connectivity index (χ1) is 10.8. The van der Waals surface area contributed by atoms with E-state index in [1.807, 2.05) is 0 Å². The van der Waals surface area contributed by atoms with E-state index in [9.17, 15) is 30.3 Å². The summed E-state index contributed by atoms with van der Waals surface area (Å²) in [5, 5.41) is 75.1. The number of carbonyl (C=O) groups is 1. The molecule has 0 aliphatic carbocycles. The Kier molecular flexibility index (Phi) is 9.94. The second-order valence-electron chi connectivity index (χ2n) is 5.12. The molecule has 8 atom stereocenters. The molecule has 24 heavy (non-hydrogen) atoms. The average molecular weight is 360 g/mol. The Hall–Kier alpha value is -0.770. The van der Waals surface area contributed by atoms with Crippen molar-refractivity contribution in [3.05, 3.63) is 0 Å². The smallest absolute Gasteiger partial charge is 0.189 e. The van der Waals surface area contributed by atoms with Gasteiger partial charge in [0.15, 0.2) is 12.1 Å². The van der Waals surface area contributed by atoms with E-state index in [1.54, 1.807) is 0 Å². The van der Waals surface area contributed by atoms with Crippen LogP contribution < -0.4 is 0 Å². The van der Waals surface area contributed by atoms with Crippen LogP contribution in [0, 0.1) is 0 Å². The van der Waals surface area contributed by atoms with E-state index in [1.165, 1.54) is 0 Å². The van der Waals surface area contributed by atoms with Crippen molar-refractivity contribution in [2.45, 2.75) is 49.0 Å². The summed E-state index contributed by atoms with van der Waals surface area (Å²) in [6.07, 6.45) is -13.8. The third-order valence-electron chi connectivity index (χ3n) is 3.50. The van der Waals surface area contributed by atoms with Gasteiger partial charge in [-0.1, -0.05) is 0 Å². The van der Waals surface area contributed by atoms with Crippen LogP contribution >= 0.6 is 0 Å². The van der Waals surface area contributed by atoms with Crippen molar-refractivity contribution in [3.63, 3.8) is 0 Å². The summed E-state index contributed by atoms with van der Waals surface area (Å²) < 4.78 is 10.1. The summed E-state index contributed by atoms with van der Waals surface area (Å²) in [6, 6.07) is 0. The maximum atomic E-state index is 11.3. The molecule has 1 rings (SSSR count). The van der Waals surface area contributed by atoms with E-state index in [0.29, 0.717) is 0 Å². The molecule has 12 nitrogen and oxygen atoms in total. The minimum Gasteiger partial charge on any atom is -0.412 e. The van der Waals surface area contributed by atoms with Gasteiger partial charge in [0.2, 0.25) is 0 Å². The molecule has 0 amide bonds. The van der Waals surface area contributed by atoms with Crippen molar-refractivity contribution in [1.82, 2.24) is 0 Å². The Morgan fingerprint density at radius 2 is 1.62 bits per heavy atom. The number of aliphatic hydroxyl groups is 8. The van der Waals surface area contributed by atoms with E-state index in [4.69, 9.17) is 24.8 Å². The van der Waals surface area contributed by atoms with E-state index >= 15 is 0 Å². The zero-order valence-corrected chi connectivity index (χ0v) is 12.5. The first-order valence-electron chi connectivity index (χ1n) is 6.85. The van der Waals surface area contributed by atoms with Crippen LogP contribution in [0.2, 0.25) is 0 Å². The van der Waals surface area contributed by atoms with E-state index in [-0.39, 0.29) is 5.48 Å². The molecule has 1 saturated heterocycles. The second kappa shape index (κ2) is 10.3. The molecule has 0 radical (unpaired) electrons. The molecule has 1 aliphatic rings. The zero-order valence-electron chi connectivity index (χ0n) is 12.5. The van der Waals surface area contributed by atoms with Crippen LogP contribution in [0.3, 0.4) is 0 Å². The normalized spacial score (nSPS) is 34.1. The highest BCUT2D eigenvalue weighted by atomic mass is 16.7. The van der Waals surface area contributed by atoms with Gasteiger partial charge in [-0.3, -0.25) is 4.79 Å². The van der Waals surface area contributed by atoms with Crippen LogP contribution in [0.4, 0.5) is 0 Å². The molecule has 0 aromatic rings. The number of Topliss-reactive ketones (excluding diaryl/α,β-unsaturated/α-hetero) is 1. The second-order valence-corrected chi connectivity index (χ2v) is 5.12. The lowest BCUT2D eigenvalue weighted by Crippen LogP contribution is -2.61. The van der Waals surface area contributed by atoms with Crippen molar-refractivity contribution < 1.29 is 60.6 Å². The number of hydrogen-bond donors (Lipinski definition) is 8. The molecule has 1 aliphatic heterocycles. The summed E-state index contributed by atoms with van der Waals surface area (Å²) >= 11 is 0. The highest BCUT2D eigenvalue weighted by Crippen LogP contribution is 2.24. The molecule has 10 N–H and O–H groups in total. The highest BCUT2D eigenvalue weighted by molar-refractivity contribution is 5.84. The third-order valence-corrected chi connectivity index (χ3v) is 3.50. The zero-order chi connectivity index (χ0) is 17.7. The van der Waals surface area contributed by atoms with Crippen molar-refractivity contribution in [1.29, 1.82) is 0 Å². The maximum absolute atomic E-state index is 11.3. The van der Waals surface area contributed by atoms with E-state index < -0.39 is 74.6 Å². The molecule has 0 aromatic carbocycles. The van der Waals surface area contributed by atoms with Gasteiger partial charge < -0.3 is 55.8 Å².